The zero-order valence-electron chi connectivity index (χ0n) is 14.5. The van der Waals surface area contributed by atoms with Gasteiger partial charge in [-0.25, -0.2) is 0 Å². The molecule has 0 aromatic heterocycles. The number of hydrogen-bond donors (Lipinski definition) is 2. The van der Waals surface area contributed by atoms with Crippen LogP contribution < -0.4 is 11.1 Å². The van der Waals surface area contributed by atoms with E-state index in [0.717, 1.165) is 12.8 Å². The number of rotatable bonds is 7. The van der Waals surface area contributed by atoms with E-state index in [4.69, 9.17) is 5.73 Å². The van der Waals surface area contributed by atoms with Gasteiger partial charge in [-0.3, -0.25) is 4.79 Å². The molecule has 3 N–H and O–H groups in total. The van der Waals surface area contributed by atoms with Crippen molar-refractivity contribution >= 4 is 18.3 Å². The van der Waals surface area contributed by atoms with Crippen LogP contribution in [0.2, 0.25) is 0 Å². The molecule has 1 rings (SSSR count). The number of carbonyl (C=O) groups excluding carboxylic acids is 1. The molecule has 0 bridgehead atoms. The molecule has 0 aliphatic rings. The topological polar surface area (TPSA) is 55.1 Å². The molecule has 0 saturated carbocycles. The monoisotopic (exact) mass is 326 g/mol. The van der Waals surface area contributed by atoms with Gasteiger partial charge in [0.15, 0.2) is 0 Å². The molecule has 4 heteroatoms. The maximum absolute atomic E-state index is 12.2. The summed E-state index contributed by atoms with van der Waals surface area (Å²) in [6.07, 6.45) is 2.65. The molecule has 1 atom stereocenters. The van der Waals surface area contributed by atoms with Crippen molar-refractivity contribution in [2.45, 2.75) is 64.8 Å². The van der Waals surface area contributed by atoms with Gasteiger partial charge in [0.1, 0.15) is 0 Å². The van der Waals surface area contributed by atoms with E-state index in [1.807, 2.05) is 6.92 Å². The van der Waals surface area contributed by atoms with Crippen LogP contribution in [0, 0.1) is 0 Å². The maximum atomic E-state index is 12.2. The minimum absolute atomic E-state index is 0. The highest BCUT2D eigenvalue weighted by molar-refractivity contribution is 5.85. The van der Waals surface area contributed by atoms with E-state index in [1.165, 1.54) is 11.1 Å². The van der Waals surface area contributed by atoms with Gasteiger partial charge in [0.2, 0.25) is 5.91 Å². The molecule has 0 radical (unpaired) electrons. The van der Waals surface area contributed by atoms with Gasteiger partial charge in [-0.05, 0) is 30.9 Å². The first-order valence-corrected chi connectivity index (χ1v) is 7.89. The lowest BCUT2D eigenvalue weighted by Gasteiger charge is -2.29. The van der Waals surface area contributed by atoms with Crippen LogP contribution in [0.25, 0.3) is 0 Å². The molecule has 126 valence electrons. The van der Waals surface area contributed by atoms with Crippen molar-refractivity contribution in [2.75, 3.05) is 6.54 Å². The lowest BCUT2D eigenvalue weighted by molar-refractivity contribution is -0.126. The van der Waals surface area contributed by atoms with E-state index < -0.39 is 5.54 Å². The van der Waals surface area contributed by atoms with Crippen LogP contribution in [0.5, 0.6) is 0 Å². The molecule has 0 fully saturated rings. The van der Waals surface area contributed by atoms with E-state index in [-0.39, 0.29) is 23.7 Å². The average molecular weight is 327 g/mol. The summed E-state index contributed by atoms with van der Waals surface area (Å²) in [7, 11) is 0. The molecule has 0 aliphatic heterocycles. The second-order valence-corrected chi connectivity index (χ2v) is 6.78. The smallest absolute Gasteiger partial charge is 0.239 e. The van der Waals surface area contributed by atoms with Crippen LogP contribution in [0.4, 0.5) is 0 Å². The zero-order valence-corrected chi connectivity index (χ0v) is 15.3. The highest BCUT2D eigenvalue weighted by atomic mass is 35.5. The number of halogens is 1. The average Bonchev–Trinajstić information content (AvgIpc) is 2.44. The zero-order chi connectivity index (χ0) is 16.1. The summed E-state index contributed by atoms with van der Waals surface area (Å²) in [6, 6.07) is 8.61. The summed E-state index contributed by atoms with van der Waals surface area (Å²) in [6.45, 7) is 10.9. The summed E-state index contributed by atoms with van der Waals surface area (Å²) in [4.78, 5) is 12.2. The first-order valence-electron chi connectivity index (χ1n) is 7.89. The summed E-state index contributed by atoms with van der Waals surface area (Å²) < 4.78 is 0. The molecule has 0 heterocycles. The summed E-state index contributed by atoms with van der Waals surface area (Å²) in [5.74, 6) is -0.0670. The van der Waals surface area contributed by atoms with Crippen LogP contribution in [0.3, 0.4) is 0 Å². The van der Waals surface area contributed by atoms with E-state index in [2.05, 4.69) is 50.4 Å². The number of benzene rings is 1. The lowest BCUT2D eigenvalue weighted by atomic mass is 9.83. The SMILES string of the molecule is CCCC(C)(N)C(=O)NCC(C)(C)c1ccc(CC)cc1.Cl. The van der Waals surface area contributed by atoms with Crippen molar-refractivity contribution in [3.05, 3.63) is 35.4 Å². The van der Waals surface area contributed by atoms with Gasteiger partial charge in [0, 0.05) is 12.0 Å². The quantitative estimate of drug-likeness (QED) is 0.804. The Morgan fingerprint density at radius 3 is 2.14 bits per heavy atom. The van der Waals surface area contributed by atoms with Crippen LogP contribution in [-0.4, -0.2) is 18.0 Å². The molecule has 3 nitrogen and oxygen atoms in total. The molecule has 1 unspecified atom stereocenters. The van der Waals surface area contributed by atoms with E-state index >= 15 is 0 Å². The van der Waals surface area contributed by atoms with Crippen LogP contribution in [-0.2, 0) is 16.6 Å². The minimum atomic E-state index is -0.781. The van der Waals surface area contributed by atoms with E-state index in [1.54, 1.807) is 6.92 Å². The highest BCUT2D eigenvalue weighted by Gasteiger charge is 2.29. The number of nitrogens with two attached hydrogens (primary N) is 1. The number of nitrogens with one attached hydrogen (secondary N) is 1. The first-order chi connectivity index (χ1) is 9.73. The number of hydrogen-bond acceptors (Lipinski definition) is 2. The molecule has 0 saturated heterocycles. The summed E-state index contributed by atoms with van der Waals surface area (Å²) in [5.41, 5.74) is 7.74. The van der Waals surface area contributed by atoms with Gasteiger partial charge in [-0.2, -0.15) is 0 Å². The predicted octanol–water partition coefficient (Wildman–Crippen LogP) is 3.58. The van der Waals surface area contributed by atoms with Gasteiger partial charge < -0.3 is 11.1 Å². The number of carbonyl (C=O) groups is 1. The largest absolute Gasteiger partial charge is 0.354 e. The molecule has 0 spiro atoms. The number of aryl methyl sites for hydroxylation is 1. The van der Waals surface area contributed by atoms with Gasteiger partial charge in [-0.15, -0.1) is 12.4 Å². The minimum Gasteiger partial charge on any atom is -0.354 e. The van der Waals surface area contributed by atoms with Crippen molar-refractivity contribution in [3.63, 3.8) is 0 Å². The van der Waals surface area contributed by atoms with Gasteiger partial charge >= 0.3 is 0 Å². The second kappa shape index (κ2) is 8.54. The Hall–Kier alpha value is -1.06. The van der Waals surface area contributed by atoms with Crippen molar-refractivity contribution in [3.8, 4) is 0 Å². The van der Waals surface area contributed by atoms with Gasteiger partial charge in [-0.1, -0.05) is 58.4 Å². The lowest BCUT2D eigenvalue weighted by Crippen LogP contribution is -2.53. The fourth-order valence-electron chi connectivity index (χ4n) is 2.43. The normalized spacial score (nSPS) is 13.9. The Bertz CT molecular complexity index is 466. The van der Waals surface area contributed by atoms with Crippen molar-refractivity contribution in [1.82, 2.24) is 5.32 Å². The molecular weight excluding hydrogens is 296 g/mol. The Labute approximate surface area is 141 Å². The molecule has 1 amide bonds. The Balaban J connectivity index is 0.00000441. The first kappa shape index (κ1) is 20.9. The van der Waals surface area contributed by atoms with Crippen molar-refractivity contribution < 1.29 is 4.79 Å². The summed E-state index contributed by atoms with van der Waals surface area (Å²) >= 11 is 0. The van der Waals surface area contributed by atoms with Crippen LogP contribution >= 0.6 is 12.4 Å². The predicted molar refractivity (Wildman–Crippen MR) is 96.6 cm³/mol. The highest BCUT2D eigenvalue weighted by Crippen LogP contribution is 2.23. The Morgan fingerprint density at radius 1 is 1.14 bits per heavy atom. The third kappa shape index (κ3) is 5.62. The standard InChI is InChI=1S/C18H30N2O.ClH/c1-6-12-18(5,19)16(21)20-13-17(3,4)15-10-8-14(7-2)9-11-15;/h8-11H,6-7,12-13,19H2,1-5H3,(H,20,21);1H. The van der Waals surface area contributed by atoms with Crippen LogP contribution in [0.15, 0.2) is 24.3 Å². The van der Waals surface area contributed by atoms with Gasteiger partial charge in [0.25, 0.3) is 0 Å². The molecule has 1 aromatic rings. The van der Waals surface area contributed by atoms with Gasteiger partial charge in [0.05, 0.1) is 5.54 Å². The molecular formula is C18H31ClN2O. The van der Waals surface area contributed by atoms with E-state index in [9.17, 15) is 4.79 Å². The van der Waals surface area contributed by atoms with Crippen LogP contribution in [0.1, 0.15) is 58.6 Å². The molecule has 1 aromatic carbocycles. The molecule has 0 aliphatic carbocycles. The third-order valence-electron chi connectivity index (χ3n) is 4.12. The molecule has 22 heavy (non-hydrogen) atoms. The fourth-order valence-corrected chi connectivity index (χ4v) is 2.43. The fraction of sp³-hybridized carbons (Fsp3) is 0.611. The van der Waals surface area contributed by atoms with E-state index in [0.29, 0.717) is 13.0 Å². The van der Waals surface area contributed by atoms with Crippen molar-refractivity contribution in [2.24, 2.45) is 5.73 Å². The third-order valence-corrected chi connectivity index (χ3v) is 4.12. The summed E-state index contributed by atoms with van der Waals surface area (Å²) in [5, 5.41) is 3.01. The maximum Gasteiger partial charge on any atom is 0.239 e. The Kier molecular flexibility index (Phi) is 8.13. The van der Waals surface area contributed by atoms with Crippen molar-refractivity contribution in [1.29, 1.82) is 0 Å². The second-order valence-electron chi connectivity index (χ2n) is 6.78. The Morgan fingerprint density at radius 2 is 1.68 bits per heavy atom. The number of amides is 1.